The number of methoxy groups -OCH3 is 1. The van der Waals surface area contributed by atoms with Gasteiger partial charge in [0, 0.05) is 34.7 Å². The van der Waals surface area contributed by atoms with E-state index < -0.39 is 11.7 Å². The van der Waals surface area contributed by atoms with Crippen LogP contribution >= 0.6 is 0 Å². The SMILES string of the molecule is COc1cc2ncnc(-c3cn(C(F)(F)F)nc3-c3ccccc3)c2cc1C1C2CC1(C(N)=O)C2. The number of amides is 1. The van der Waals surface area contributed by atoms with Gasteiger partial charge < -0.3 is 10.5 Å². The number of nitrogens with two attached hydrogens (primary N) is 1. The van der Waals surface area contributed by atoms with Gasteiger partial charge in [-0.05, 0) is 30.4 Å². The van der Waals surface area contributed by atoms with Gasteiger partial charge >= 0.3 is 6.30 Å². The van der Waals surface area contributed by atoms with Gasteiger partial charge in [-0.3, -0.25) is 4.79 Å². The summed E-state index contributed by atoms with van der Waals surface area (Å²) in [5.41, 5.74) is 7.65. The first-order valence-electron chi connectivity index (χ1n) is 11.1. The Balaban J connectivity index is 1.58. The lowest BCUT2D eigenvalue weighted by molar-refractivity contribution is -0.212. The zero-order valence-electron chi connectivity index (χ0n) is 18.6. The van der Waals surface area contributed by atoms with Crippen molar-refractivity contribution in [1.29, 1.82) is 0 Å². The standard InChI is InChI=1S/C25H20F3N5O2/c1-35-19-8-18-15(7-16(19)20-14-9-24(20,10-14)23(29)34)22(31-12-30-18)17-11-33(25(26,27)28)32-21(17)13-5-3-2-4-6-13/h2-8,11-12,14,20H,9-10H2,1H3,(H2,29,34). The fraction of sp³-hybridized carbons (Fsp3) is 0.280. The van der Waals surface area contributed by atoms with Crippen LogP contribution in [0, 0.1) is 11.3 Å². The minimum Gasteiger partial charge on any atom is -0.496 e. The van der Waals surface area contributed by atoms with E-state index in [0.717, 1.165) is 24.6 Å². The summed E-state index contributed by atoms with van der Waals surface area (Å²) in [5.74, 6) is 0.444. The topological polar surface area (TPSA) is 95.9 Å². The van der Waals surface area contributed by atoms with Gasteiger partial charge in [-0.15, -0.1) is 13.2 Å². The lowest BCUT2D eigenvalue weighted by atomic mass is 9.36. The molecule has 2 aromatic heterocycles. The molecule has 0 radical (unpaired) electrons. The second-order valence-corrected chi connectivity index (χ2v) is 9.17. The average Bonchev–Trinajstić information content (AvgIpc) is 3.23. The maximum absolute atomic E-state index is 13.6. The van der Waals surface area contributed by atoms with E-state index in [1.165, 1.54) is 13.4 Å². The van der Waals surface area contributed by atoms with Crippen molar-refractivity contribution < 1.29 is 22.7 Å². The summed E-state index contributed by atoms with van der Waals surface area (Å²) >= 11 is 0. The molecule has 3 aliphatic rings. The first kappa shape index (κ1) is 21.6. The monoisotopic (exact) mass is 479 g/mol. The van der Waals surface area contributed by atoms with E-state index >= 15 is 0 Å². The van der Waals surface area contributed by atoms with Crippen LogP contribution in [0.5, 0.6) is 5.75 Å². The predicted molar refractivity (Wildman–Crippen MR) is 121 cm³/mol. The number of carbonyl (C=O) groups excluding carboxylic acids is 1. The molecule has 35 heavy (non-hydrogen) atoms. The van der Waals surface area contributed by atoms with Crippen LogP contribution < -0.4 is 10.5 Å². The summed E-state index contributed by atoms with van der Waals surface area (Å²) in [7, 11) is 1.54. The number of benzene rings is 2. The number of aromatic nitrogens is 4. The van der Waals surface area contributed by atoms with Gasteiger partial charge in [0.2, 0.25) is 5.91 Å². The number of halogens is 3. The van der Waals surface area contributed by atoms with E-state index in [-0.39, 0.29) is 27.8 Å². The number of nitrogens with zero attached hydrogens (tertiary/aromatic N) is 4. The molecule has 7 nitrogen and oxygen atoms in total. The van der Waals surface area contributed by atoms with Gasteiger partial charge in [0.05, 0.1) is 23.7 Å². The summed E-state index contributed by atoms with van der Waals surface area (Å²) < 4.78 is 46.5. The quantitative estimate of drug-likeness (QED) is 0.451. The number of primary amides is 1. The summed E-state index contributed by atoms with van der Waals surface area (Å²) in [5, 5.41) is 4.40. The highest BCUT2D eigenvalue weighted by Gasteiger charge is 2.69. The van der Waals surface area contributed by atoms with Crippen molar-refractivity contribution in [2.24, 2.45) is 17.1 Å². The Morgan fingerprint density at radius 3 is 2.49 bits per heavy atom. The molecule has 178 valence electrons. The van der Waals surface area contributed by atoms with E-state index in [2.05, 4.69) is 15.1 Å². The molecule has 2 heterocycles. The van der Waals surface area contributed by atoms with Crippen LogP contribution in [0.15, 0.2) is 55.0 Å². The lowest BCUT2D eigenvalue weighted by Crippen LogP contribution is -2.65. The molecule has 0 saturated heterocycles. The van der Waals surface area contributed by atoms with E-state index in [1.54, 1.807) is 36.4 Å². The van der Waals surface area contributed by atoms with Crippen molar-refractivity contribution in [3.8, 4) is 28.3 Å². The molecule has 3 saturated carbocycles. The molecule has 0 aliphatic heterocycles. The Bertz CT molecular complexity index is 1480. The van der Waals surface area contributed by atoms with Gasteiger partial charge in [0.25, 0.3) is 0 Å². The number of rotatable bonds is 5. The third kappa shape index (κ3) is 3.05. The fourth-order valence-corrected chi connectivity index (χ4v) is 5.62. The summed E-state index contributed by atoms with van der Waals surface area (Å²) in [6.07, 6.45) is -0.965. The highest BCUT2D eigenvalue weighted by molar-refractivity contribution is 5.97. The van der Waals surface area contributed by atoms with Gasteiger partial charge in [-0.25, -0.2) is 9.97 Å². The van der Waals surface area contributed by atoms with Crippen LogP contribution in [-0.2, 0) is 11.1 Å². The molecule has 1 unspecified atom stereocenters. The minimum atomic E-state index is -4.69. The smallest absolute Gasteiger partial charge is 0.496 e. The first-order chi connectivity index (χ1) is 16.7. The molecule has 3 fully saturated rings. The number of hydrogen-bond acceptors (Lipinski definition) is 5. The molecular weight excluding hydrogens is 459 g/mol. The van der Waals surface area contributed by atoms with Crippen molar-refractivity contribution in [3.05, 3.63) is 60.6 Å². The van der Waals surface area contributed by atoms with E-state index in [1.807, 2.05) is 6.07 Å². The highest BCUT2D eigenvalue weighted by atomic mass is 19.4. The van der Waals surface area contributed by atoms with Gasteiger partial charge in [-0.2, -0.15) is 9.78 Å². The molecule has 1 atom stereocenters. The Hall–Kier alpha value is -3.95. The molecule has 3 aliphatic carbocycles. The van der Waals surface area contributed by atoms with Crippen molar-refractivity contribution >= 4 is 16.8 Å². The maximum atomic E-state index is 13.6. The largest absolute Gasteiger partial charge is 0.504 e. The zero-order chi connectivity index (χ0) is 24.5. The van der Waals surface area contributed by atoms with Crippen molar-refractivity contribution in [3.63, 3.8) is 0 Å². The van der Waals surface area contributed by atoms with Crippen molar-refractivity contribution in [2.45, 2.75) is 25.1 Å². The molecular formula is C25H20F3N5O2. The Morgan fingerprint density at radius 2 is 1.89 bits per heavy atom. The number of fused-ring (bicyclic) bond motifs is 1. The van der Waals surface area contributed by atoms with Crippen molar-refractivity contribution in [1.82, 2.24) is 19.7 Å². The Labute approximate surface area is 197 Å². The number of hydrogen-bond donors (Lipinski definition) is 1. The van der Waals surface area contributed by atoms with Gasteiger partial charge in [0.1, 0.15) is 17.8 Å². The van der Waals surface area contributed by atoms with E-state index in [4.69, 9.17) is 10.5 Å². The second kappa shape index (κ2) is 7.27. The minimum absolute atomic E-state index is 0.00769. The molecule has 4 aromatic rings. The van der Waals surface area contributed by atoms with Crippen LogP contribution in [0.2, 0.25) is 0 Å². The number of ether oxygens (including phenoxy) is 1. The van der Waals surface area contributed by atoms with Crippen LogP contribution in [0.1, 0.15) is 24.3 Å². The highest BCUT2D eigenvalue weighted by Crippen LogP contribution is 2.73. The van der Waals surface area contributed by atoms with Gasteiger partial charge in [-0.1, -0.05) is 30.3 Å². The Morgan fingerprint density at radius 1 is 1.14 bits per heavy atom. The first-order valence-corrected chi connectivity index (χ1v) is 11.1. The Kier molecular flexibility index (Phi) is 4.48. The van der Waals surface area contributed by atoms with E-state index in [9.17, 15) is 18.0 Å². The molecule has 0 spiro atoms. The molecule has 1 amide bonds. The van der Waals surface area contributed by atoms with Crippen LogP contribution in [0.4, 0.5) is 13.2 Å². The van der Waals surface area contributed by atoms with Crippen molar-refractivity contribution in [2.75, 3.05) is 7.11 Å². The molecule has 2 bridgehead atoms. The normalized spacial score (nSPS) is 23.0. The summed E-state index contributed by atoms with van der Waals surface area (Å²) in [6.45, 7) is 0. The van der Waals surface area contributed by atoms with E-state index in [0.29, 0.717) is 33.8 Å². The number of carbonyl (C=O) groups is 1. The predicted octanol–water partition coefficient (Wildman–Crippen LogP) is 4.62. The zero-order valence-corrected chi connectivity index (χ0v) is 18.6. The summed E-state index contributed by atoms with van der Waals surface area (Å²) in [6, 6.07) is 12.2. The average molecular weight is 479 g/mol. The molecule has 7 rings (SSSR count). The molecule has 2 aromatic carbocycles. The van der Waals surface area contributed by atoms with Crippen LogP contribution in [-0.4, -0.2) is 32.8 Å². The van der Waals surface area contributed by atoms with Gasteiger partial charge in [0.15, 0.2) is 0 Å². The maximum Gasteiger partial charge on any atom is 0.504 e. The van der Waals surface area contributed by atoms with Crippen LogP contribution in [0.3, 0.4) is 0 Å². The third-order valence-electron chi connectivity index (χ3n) is 7.41. The third-order valence-corrected chi connectivity index (χ3v) is 7.41. The van der Waals surface area contributed by atoms with Crippen LogP contribution in [0.25, 0.3) is 33.4 Å². The molecule has 2 N–H and O–H groups in total. The second-order valence-electron chi connectivity index (χ2n) is 9.17. The lowest BCUT2D eigenvalue weighted by Gasteiger charge is -2.66. The molecule has 10 heteroatoms. The fourth-order valence-electron chi connectivity index (χ4n) is 5.62. The number of alkyl halides is 3. The summed E-state index contributed by atoms with van der Waals surface area (Å²) in [4.78, 5) is 20.9.